The molecule has 5 rings (SSSR count). The number of alkyl halides is 3. The van der Waals surface area contributed by atoms with Gasteiger partial charge in [0, 0.05) is 28.7 Å². The highest BCUT2D eigenvalue weighted by Gasteiger charge is 2.31. The van der Waals surface area contributed by atoms with Crippen LogP contribution in [0.3, 0.4) is 0 Å². The minimum absolute atomic E-state index is 0.250. The van der Waals surface area contributed by atoms with E-state index in [1.165, 1.54) is 18.5 Å². The second-order valence-electron chi connectivity index (χ2n) is 7.33. The van der Waals surface area contributed by atoms with E-state index in [0.717, 1.165) is 17.5 Å². The molecular formula is C25H12F3N5. The average molecular weight is 439 g/mol. The van der Waals surface area contributed by atoms with Gasteiger partial charge in [-0.15, -0.1) is 0 Å². The molecule has 0 amide bonds. The molecule has 0 radical (unpaired) electrons. The van der Waals surface area contributed by atoms with Gasteiger partial charge in [-0.05, 0) is 36.4 Å². The van der Waals surface area contributed by atoms with Crippen LogP contribution in [0.4, 0.5) is 13.2 Å². The third-order valence-corrected chi connectivity index (χ3v) is 5.40. The van der Waals surface area contributed by atoms with Crippen LogP contribution in [0.15, 0.2) is 73.1 Å². The van der Waals surface area contributed by atoms with E-state index >= 15 is 0 Å². The molecule has 0 atom stereocenters. The van der Waals surface area contributed by atoms with Crippen LogP contribution in [0.2, 0.25) is 0 Å². The van der Waals surface area contributed by atoms with Crippen LogP contribution in [0.1, 0.15) is 16.7 Å². The first-order valence-electron chi connectivity index (χ1n) is 9.78. The number of fused-ring (bicyclic) bond motifs is 3. The number of halogens is 3. The van der Waals surface area contributed by atoms with E-state index in [1.54, 1.807) is 34.9 Å². The fourth-order valence-corrected chi connectivity index (χ4v) is 3.90. The van der Waals surface area contributed by atoms with Gasteiger partial charge in [-0.1, -0.05) is 24.3 Å². The summed E-state index contributed by atoms with van der Waals surface area (Å²) in [5, 5.41) is 20.2. The molecule has 8 heteroatoms. The molecule has 0 spiro atoms. The molecule has 158 valence electrons. The molecule has 0 N–H and O–H groups in total. The van der Waals surface area contributed by atoms with Crippen LogP contribution in [0, 0.1) is 22.7 Å². The lowest BCUT2D eigenvalue weighted by molar-refractivity contribution is -0.137. The number of aromatic nitrogens is 3. The van der Waals surface area contributed by atoms with Gasteiger partial charge in [0.05, 0.1) is 33.4 Å². The van der Waals surface area contributed by atoms with E-state index < -0.39 is 11.7 Å². The lowest BCUT2D eigenvalue weighted by Gasteiger charge is -2.12. The zero-order valence-corrected chi connectivity index (χ0v) is 16.8. The summed E-state index contributed by atoms with van der Waals surface area (Å²) in [7, 11) is 0. The van der Waals surface area contributed by atoms with Crippen LogP contribution in [-0.2, 0) is 6.18 Å². The third kappa shape index (κ3) is 3.35. The Morgan fingerprint density at radius 3 is 2.21 bits per heavy atom. The fraction of sp³-hybridized carbons (Fsp3) is 0.0400. The number of para-hydroxylation sites is 1. The van der Waals surface area contributed by atoms with Crippen LogP contribution < -0.4 is 0 Å². The van der Waals surface area contributed by atoms with Gasteiger partial charge in [-0.2, -0.15) is 23.7 Å². The molecule has 33 heavy (non-hydrogen) atoms. The van der Waals surface area contributed by atoms with E-state index in [2.05, 4.69) is 16.0 Å². The van der Waals surface area contributed by atoms with Gasteiger partial charge in [-0.25, -0.2) is 9.97 Å². The van der Waals surface area contributed by atoms with Gasteiger partial charge in [0.1, 0.15) is 12.1 Å². The number of hydrogen-bond donors (Lipinski definition) is 0. The minimum Gasteiger partial charge on any atom is -0.308 e. The van der Waals surface area contributed by atoms with Gasteiger partial charge in [0.15, 0.2) is 5.82 Å². The second kappa shape index (κ2) is 7.47. The summed E-state index contributed by atoms with van der Waals surface area (Å²) < 4.78 is 42.0. The highest BCUT2D eigenvalue weighted by atomic mass is 19.4. The molecule has 2 aromatic heterocycles. The van der Waals surface area contributed by atoms with Crippen molar-refractivity contribution in [1.29, 1.82) is 10.5 Å². The normalized spacial score (nSPS) is 11.4. The Balaban J connectivity index is 1.77. The molecule has 3 aromatic carbocycles. The Hall–Kier alpha value is -4.69. The Morgan fingerprint density at radius 2 is 1.52 bits per heavy atom. The number of benzene rings is 3. The van der Waals surface area contributed by atoms with Crippen molar-refractivity contribution < 1.29 is 13.2 Å². The van der Waals surface area contributed by atoms with Crippen LogP contribution in [-0.4, -0.2) is 14.5 Å². The summed E-state index contributed by atoms with van der Waals surface area (Å²) in [4.78, 5) is 8.30. The molecular weight excluding hydrogens is 427 g/mol. The maximum absolute atomic E-state index is 13.4. The van der Waals surface area contributed by atoms with Crippen molar-refractivity contribution in [3.63, 3.8) is 0 Å². The highest BCUT2D eigenvalue weighted by molar-refractivity contribution is 6.09. The predicted molar refractivity (Wildman–Crippen MR) is 116 cm³/mol. The lowest BCUT2D eigenvalue weighted by Crippen LogP contribution is -2.05. The molecule has 0 bridgehead atoms. The Bertz CT molecular complexity index is 1620. The summed E-state index contributed by atoms with van der Waals surface area (Å²) in [6.45, 7) is 0. The van der Waals surface area contributed by atoms with Crippen molar-refractivity contribution in [2.45, 2.75) is 6.18 Å². The third-order valence-electron chi connectivity index (χ3n) is 5.40. The van der Waals surface area contributed by atoms with Crippen molar-refractivity contribution in [3.05, 3.63) is 89.7 Å². The summed E-state index contributed by atoms with van der Waals surface area (Å²) >= 11 is 0. The summed E-state index contributed by atoms with van der Waals surface area (Å²) in [6.07, 6.45) is -1.73. The van der Waals surface area contributed by atoms with Crippen molar-refractivity contribution in [3.8, 4) is 29.2 Å². The van der Waals surface area contributed by atoms with Gasteiger partial charge in [0.2, 0.25) is 0 Å². The smallest absolute Gasteiger partial charge is 0.308 e. The van der Waals surface area contributed by atoms with E-state index in [0.29, 0.717) is 39.1 Å². The molecule has 0 aliphatic heterocycles. The number of nitrogens with zero attached hydrogens (tertiary/aromatic N) is 5. The van der Waals surface area contributed by atoms with Crippen LogP contribution >= 0.6 is 0 Å². The first kappa shape index (κ1) is 20.2. The van der Waals surface area contributed by atoms with Crippen molar-refractivity contribution >= 4 is 21.8 Å². The number of hydrogen-bond acceptors (Lipinski definition) is 4. The van der Waals surface area contributed by atoms with Crippen LogP contribution in [0.5, 0.6) is 0 Å². The second-order valence-corrected chi connectivity index (χ2v) is 7.33. The number of nitriles is 2. The molecule has 0 aliphatic rings. The molecule has 0 unspecified atom stereocenters. The first-order chi connectivity index (χ1) is 15.9. The summed E-state index contributed by atoms with van der Waals surface area (Å²) in [5.41, 5.74) is 1.83. The monoisotopic (exact) mass is 439 g/mol. The molecule has 5 aromatic rings. The molecule has 2 heterocycles. The SMILES string of the molecule is N#Cc1cnc(-c2ccc(-n3c4ccccc4c4ccc(C(F)(F)F)cc43)c(C#N)c2)nc1. The fourth-order valence-electron chi connectivity index (χ4n) is 3.90. The van der Waals surface area contributed by atoms with Gasteiger partial charge in [-0.3, -0.25) is 0 Å². The zero-order valence-electron chi connectivity index (χ0n) is 16.8. The Morgan fingerprint density at radius 1 is 0.788 bits per heavy atom. The molecule has 0 saturated heterocycles. The predicted octanol–water partition coefficient (Wildman–Crippen LogP) is 6.00. The number of rotatable bonds is 2. The summed E-state index contributed by atoms with van der Waals surface area (Å²) in [5.74, 6) is 0.332. The quantitative estimate of drug-likeness (QED) is 0.338. The maximum Gasteiger partial charge on any atom is 0.416 e. The molecule has 0 fully saturated rings. The average Bonchev–Trinajstić information content (AvgIpc) is 3.17. The molecule has 0 aliphatic carbocycles. The van der Waals surface area contributed by atoms with E-state index in [9.17, 15) is 18.4 Å². The minimum atomic E-state index is -4.50. The van der Waals surface area contributed by atoms with Gasteiger partial charge >= 0.3 is 6.18 Å². The van der Waals surface area contributed by atoms with Crippen molar-refractivity contribution in [2.75, 3.05) is 0 Å². The van der Waals surface area contributed by atoms with E-state index in [-0.39, 0.29) is 5.56 Å². The Kier molecular flexibility index (Phi) is 4.58. The van der Waals surface area contributed by atoms with Crippen molar-refractivity contribution in [2.24, 2.45) is 0 Å². The Labute approximate surface area is 185 Å². The zero-order chi connectivity index (χ0) is 23.2. The van der Waals surface area contributed by atoms with Gasteiger partial charge < -0.3 is 4.57 Å². The summed E-state index contributed by atoms with van der Waals surface area (Å²) in [6, 6.07) is 19.9. The van der Waals surface area contributed by atoms with E-state index in [1.807, 2.05) is 18.2 Å². The van der Waals surface area contributed by atoms with E-state index in [4.69, 9.17) is 5.26 Å². The van der Waals surface area contributed by atoms with Crippen LogP contribution in [0.25, 0.3) is 38.9 Å². The maximum atomic E-state index is 13.4. The largest absolute Gasteiger partial charge is 0.416 e. The first-order valence-corrected chi connectivity index (χ1v) is 9.78. The van der Waals surface area contributed by atoms with Crippen molar-refractivity contribution in [1.82, 2.24) is 14.5 Å². The standard InChI is InChI=1S/C25H12F3N5/c26-25(27,28)18-6-7-20-19-3-1-2-4-22(19)33(23(20)10-18)21-8-5-16(9-17(21)12-30)24-31-13-15(11-29)14-32-24/h1-10,13-14H. The molecule has 5 nitrogen and oxygen atoms in total. The van der Waals surface area contributed by atoms with Gasteiger partial charge in [0.25, 0.3) is 0 Å². The molecule has 0 saturated carbocycles. The lowest BCUT2D eigenvalue weighted by atomic mass is 10.1. The highest BCUT2D eigenvalue weighted by Crippen LogP contribution is 2.37. The topological polar surface area (TPSA) is 78.3 Å².